The fourth-order valence-electron chi connectivity index (χ4n) is 26.6. The molecule has 0 spiro atoms. The first kappa shape index (κ1) is 81.7. The Morgan fingerprint density at radius 3 is 0.914 bits per heavy atom. The van der Waals surface area contributed by atoms with Gasteiger partial charge in [-0.25, -0.2) is 0 Å². The second-order valence-corrected chi connectivity index (χ2v) is 40.0. The summed E-state index contributed by atoms with van der Waals surface area (Å²) in [4.78, 5) is 5.18. The van der Waals surface area contributed by atoms with Crippen LogP contribution in [0.3, 0.4) is 0 Å². The second-order valence-electron chi connectivity index (χ2n) is 40.0. The van der Waals surface area contributed by atoms with E-state index in [-0.39, 0.29) is 10.8 Å². The SMILES string of the molecule is CC1(C)c2ccccc2-c2ccc(N(c3cccc(-c4cccc5c4C(C)(c4cccc(-c6ccc7c(c6)-c6ccc(N(c8cccc(-c9cccc%10c9-c9ccccc9C%10(c9ccccc9)c9ccccc9)c8)c8cccc9c8-c8ccccc8C9(c8ccccc8)c8ccccc8)cc6C7(C)C)c4)c4ccccc4-5)c3)c3cccc4c3-c3ccccc3C4(c3ccccc3)c3ccccc3)cc21. The highest BCUT2D eigenvalue weighted by atomic mass is 15.2. The highest BCUT2D eigenvalue weighted by Gasteiger charge is 2.53. The summed E-state index contributed by atoms with van der Waals surface area (Å²) in [6.07, 6.45) is 0. The molecule has 656 valence electrons. The van der Waals surface area contributed by atoms with Gasteiger partial charge in [-0.05, 0) is 274 Å². The molecule has 0 aliphatic heterocycles. The Bertz CT molecular complexity index is 8460. The van der Waals surface area contributed by atoms with Crippen LogP contribution in [0.25, 0.3) is 100 Å². The molecule has 0 amide bonds. The van der Waals surface area contributed by atoms with Crippen LogP contribution in [0.15, 0.2) is 504 Å². The fraction of sp³-hybridized carbons (Fsp3) is 0.0803. The summed E-state index contributed by atoms with van der Waals surface area (Å²) in [7, 11) is 0. The van der Waals surface area contributed by atoms with E-state index in [4.69, 9.17) is 0 Å². The number of benzene rings is 21. The van der Waals surface area contributed by atoms with Crippen LogP contribution in [0.4, 0.5) is 34.1 Å². The highest BCUT2D eigenvalue weighted by Crippen LogP contribution is 2.66. The van der Waals surface area contributed by atoms with Crippen LogP contribution in [0.2, 0.25) is 0 Å². The van der Waals surface area contributed by atoms with Gasteiger partial charge in [-0.15, -0.1) is 0 Å². The van der Waals surface area contributed by atoms with Crippen molar-refractivity contribution in [2.24, 2.45) is 0 Å². The van der Waals surface area contributed by atoms with Gasteiger partial charge in [0.1, 0.15) is 0 Å². The van der Waals surface area contributed by atoms with Gasteiger partial charge in [0.2, 0.25) is 0 Å². The summed E-state index contributed by atoms with van der Waals surface area (Å²) in [5.74, 6) is 0. The van der Waals surface area contributed by atoms with E-state index in [0.717, 1.165) is 45.3 Å². The number of rotatable bonds is 16. The van der Waals surface area contributed by atoms with Gasteiger partial charge in [-0.3, -0.25) is 0 Å². The summed E-state index contributed by atoms with van der Waals surface area (Å²) < 4.78 is 0. The molecule has 21 aromatic rings. The molecule has 2 heteroatoms. The van der Waals surface area contributed by atoms with E-state index in [9.17, 15) is 0 Å². The normalized spacial score (nSPS) is 15.5. The van der Waals surface area contributed by atoms with E-state index in [0.29, 0.717) is 0 Å². The number of anilines is 6. The lowest BCUT2D eigenvalue weighted by atomic mass is 9.67. The van der Waals surface area contributed by atoms with Crippen LogP contribution >= 0.6 is 0 Å². The van der Waals surface area contributed by atoms with E-state index in [1.54, 1.807) is 0 Å². The molecule has 0 heterocycles. The van der Waals surface area contributed by atoms with Crippen LogP contribution in [0, 0.1) is 0 Å². The maximum Gasteiger partial charge on any atom is 0.0714 e. The average Bonchev–Trinajstić information content (AvgIpc) is 1.58. The zero-order valence-corrected chi connectivity index (χ0v) is 78.3. The summed E-state index contributed by atoms with van der Waals surface area (Å²) in [5, 5.41) is 0. The number of fused-ring (bicyclic) bond motifs is 18. The molecule has 2 nitrogen and oxygen atoms in total. The van der Waals surface area contributed by atoms with Crippen LogP contribution in [-0.2, 0) is 32.5 Å². The predicted octanol–water partition coefficient (Wildman–Crippen LogP) is 34.7. The average molecular weight is 1770 g/mol. The van der Waals surface area contributed by atoms with E-state index in [1.165, 1.54) is 195 Å². The maximum atomic E-state index is 2.60. The number of hydrogen-bond acceptors (Lipinski definition) is 2. The van der Waals surface area contributed by atoms with Crippen molar-refractivity contribution in [3.05, 3.63) is 609 Å². The Labute approximate surface area is 814 Å². The standard InChI is InChI=1S/C137H98N2/c1-132(2)115-67-29-24-59-106(115)108-80-78-102(87-124(108)132)139(127-76-40-74-123-130(127)113-63-28-33-71-120(113)137(123,97-52-20-10-21-53-97)98-54-22-11-23-55-98)101-58-36-43-92(85-101)105-65-37-66-110-107-60-25-30-68-117(107)134(5,131(105)110)99-56-34-41-89(83-99)90-77-82-116-114(86-90)109-81-79-103(88-125(109)133(116,3)4)138(126-75-39-73-122-129(126)112-62-27-32-70-119(112)136(122,95-48-16-8-17-49-95)96-50-18-9-19-51-96)100-57-35-42-91(84-100)104-64-38-72-121-128(104)111-61-26-31-69-118(111)135(121,93-44-12-6-13-45-93)94-46-14-7-15-47-94/h6-88H,1-5H3. The molecule has 0 aromatic heterocycles. The van der Waals surface area contributed by atoms with E-state index in [2.05, 4.69) is 548 Å². The first-order valence-corrected chi connectivity index (χ1v) is 49.1. The lowest BCUT2D eigenvalue weighted by Crippen LogP contribution is -2.28. The second kappa shape index (κ2) is 31.1. The van der Waals surface area contributed by atoms with Crippen LogP contribution in [-0.4, -0.2) is 0 Å². The third-order valence-electron chi connectivity index (χ3n) is 32.6. The molecule has 6 aliphatic rings. The van der Waals surface area contributed by atoms with Gasteiger partial charge in [0.25, 0.3) is 0 Å². The molecular weight excluding hydrogens is 1670 g/mol. The van der Waals surface area contributed by atoms with Crippen molar-refractivity contribution in [1.29, 1.82) is 0 Å². The highest BCUT2D eigenvalue weighted by molar-refractivity contribution is 6.04. The van der Waals surface area contributed by atoms with Crippen molar-refractivity contribution >= 4 is 34.1 Å². The Morgan fingerprint density at radius 2 is 0.446 bits per heavy atom. The summed E-state index contributed by atoms with van der Waals surface area (Å²) >= 11 is 0. The largest absolute Gasteiger partial charge is 0.310 e. The Balaban J connectivity index is 0.596. The third-order valence-corrected chi connectivity index (χ3v) is 32.6. The zero-order chi connectivity index (χ0) is 92.7. The topological polar surface area (TPSA) is 6.48 Å². The van der Waals surface area contributed by atoms with Gasteiger partial charge >= 0.3 is 0 Å². The molecular formula is C137H98N2. The van der Waals surface area contributed by atoms with E-state index < -0.39 is 21.7 Å². The number of nitrogens with zero attached hydrogens (tertiary/aromatic N) is 2. The molecule has 1 atom stereocenters. The smallest absolute Gasteiger partial charge is 0.0714 e. The van der Waals surface area contributed by atoms with Crippen LogP contribution in [0.5, 0.6) is 0 Å². The van der Waals surface area contributed by atoms with Gasteiger partial charge in [0.15, 0.2) is 0 Å². The van der Waals surface area contributed by atoms with Gasteiger partial charge in [0.05, 0.1) is 27.6 Å². The first-order chi connectivity index (χ1) is 68.4. The van der Waals surface area contributed by atoms with Gasteiger partial charge in [0, 0.05) is 50.1 Å². The summed E-state index contributed by atoms with van der Waals surface area (Å²) in [6.45, 7) is 12.2. The molecule has 139 heavy (non-hydrogen) atoms. The lowest BCUT2D eigenvalue weighted by Gasteiger charge is -2.34. The molecule has 0 saturated heterocycles. The van der Waals surface area contributed by atoms with Gasteiger partial charge < -0.3 is 9.80 Å². The van der Waals surface area contributed by atoms with Crippen molar-refractivity contribution in [2.75, 3.05) is 9.80 Å². The lowest BCUT2D eigenvalue weighted by molar-refractivity contribution is 0.660. The molecule has 0 bridgehead atoms. The van der Waals surface area contributed by atoms with Gasteiger partial charge in [-0.2, -0.15) is 0 Å². The molecule has 0 fully saturated rings. The monoisotopic (exact) mass is 1770 g/mol. The van der Waals surface area contributed by atoms with Crippen LogP contribution < -0.4 is 9.80 Å². The first-order valence-electron chi connectivity index (χ1n) is 49.1. The summed E-state index contributed by atoms with van der Waals surface area (Å²) in [5.41, 5.74) is 50.0. The third kappa shape index (κ3) is 11.6. The molecule has 1 unspecified atom stereocenters. The molecule has 0 N–H and O–H groups in total. The number of hydrogen-bond donors (Lipinski definition) is 0. The molecule has 21 aromatic carbocycles. The van der Waals surface area contributed by atoms with Crippen molar-refractivity contribution < 1.29 is 0 Å². The molecule has 0 radical (unpaired) electrons. The van der Waals surface area contributed by atoms with E-state index in [1.807, 2.05) is 0 Å². The molecule has 27 rings (SSSR count). The van der Waals surface area contributed by atoms with Gasteiger partial charge in [-0.1, -0.05) is 458 Å². The Morgan fingerprint density at radius 1 is 0.151 bits per heavy atom. The van der Waals surface area contributed by atoms with Crippen molar-refractivity contribution in [2.45, 2.75) is 67.1 Å². The fourth-order valence-corrected chi connectivity index (χ4v) is 26.6. The molecule has 0 saturated carbocycles. The predicted molar refractivity (Wildman–Crippen MR) is 577 cm³/mol. The Hall–Kier alpha value is -16.8. The molecule has 6 aliphatic carbocycles. The van der Waals surface area contributed by atoms with Crippen molar-refractivity contribution in [3.63, 3.8) is 0 Å². The maximum absolute atomic E-state index is 2.60. The minimum atomic E-state index is -0.625. The van der Waals surface area contributed by atoms with Crippen molar-refractivity contribution in [1.82, 2.24) is 0 Å². The quantitative estimate of drug-likeness (QED) is 0.0951. The van der Waals surface area contributed by atoms with Crippen molar-refractivity contribution in [3.8, 4) is 100 Å². The minimum absolute atomic E-state index is 0.240. The summed E-state index contributed by atoms with van der Waals surface area (Å²) in [6, 6.07) is 192. The minimum Gasteiger partial charge on any atom is -0.310 e. The Kier molecular flexibility index (Phi) is 18.3. The van der Waals surface area contributed by atoms with E-state index >= 15 is 0 Å². The van der Waals surface area contributed by atoms with Crippen LogP contribution in [0.1, 0.15) is 140 Å². The zero-order valence-electron chi connectivity index (χ0n) is 78.3.